The largest absolute Gasteiger partial charge is 0.290 e. The molecule has 27 heavy (non-hydrogen) atoms. The Hall–Kier alpha value is -3.60. The van der Waals surface area contributed by atoms with E-state index >= 15 is 0 Å². The Kier molecular flexibility index (Phi) is 4.58. The summed E-state index contributed by atoms with van der Waals surface area (Å²) in [5.41, 5.74) is 2.93. The van der Waals surface area contributed by atoms with E-state index in [0.29, 0.717) is 11.1 Å². The first-order chi connectivity index (χ1) is 13.2. The van der Waals surface area contributed by atoms with Gasteiger partial charge < -0.3 is 0 Å². The molecule has 4 aromatic rings. The van der Waals surface area contributed by atoms with Crippen molar-refractivity contribution in [2.24, 2.45) is 0 Å². The Labute approximate surface area is 156 Å². The van der Waals surface area contributed by atoms with Crippen LogP contribution in [-0.4, -0.2) is 21.5 Å². The summed E-state index contributed by atoms with van der Waals surface area (Å²) in [7, 11) is 0. The summed E-state index contributed by atoms with van der Waals surface area (Å²) in [6.07, 6.45) is 0. The summed E-state index contributed by atoms with van der Waals surface area (Å²) in [5.74, 6) is -0.0456. The molecule has 0 saturated heterocycles. The van der Waals surface area contributed by atoms with Crippen molar-refractivity contribution in [1.29, 1.82) is 0 Å². The van der Waals surface area contributed by atoms with Crippen molar-refractivity contribution in [1.82, 2.24) is 9.90 Å². The monoisotopic (exact) mass is 356 g/mol. The number of carbonyl (C=O) groups excluding carboxylic acids is 2. The highest BCUT2D eigenvalue weighted by molar-refractivity contribution is 5.96. The molecule has 4 rings (SSSR count). The molecule has 0 aliphatic rings. The van der Waals surface area contributed by atoms with E-state index in [-0.39, 0.29) is 24.7 Å². The maximum atomic E-state index is 12.6. The van der Waals surface area contributed by atoms with E-state index in [9.17, 15) is 9.59 Å². The lowest BCUT2D eigenvalue weighted by atomic mass is 10.1. The minimum Gasteiger partial charge on any atom is -0.290 e. The van der Waals surface area contributed by atoms with Crippen molar-refractivity contribution in [3.63, 3.8) is 0 Å². The van der Waals surface area contributed by atoms with E-state index in [1.54, 1.807) is 33.6 Å². The van der Waals surface area contributed by atoms with Gasteiger partial charge in [0.25, 0.3) is 0 Å². The maximum Gasteiger partial charge on any atom is 0.206 e. The molecule has 0 fully saturated rings. The van der Waals surface area contributed by atoms with Gasteiger partial charge in [-0.1, -0.05) is 72.8 Å². The van der Waals surface area contributed by atoms with Crippen LogP contribution < -0.4 is 4.68 Å². The van der Waals surface area contributed by atoms with E-state index in [4.69, 9.17) is 0 Å². The molecule has 0 saturated carbocycles. The third-order valence-corrected chi connectivity index (χ3v) is 4.43. The molecule has 0 atom stereocenters. The van der Waals surface area contributed by atoms with E-state index in [0.717, 1.165) is 11.0 Å². The van der Waals surface area contributed by atoms with Crippen LogP contribution >= 0.6 is 0 Å². The SMILES string of the molecule is O=C(Cn1n[n+](CC(=O)c2ccccc2)c2ccccc21)c1ccccc1. The number of ketones is 2. The molecule has 0 aliphatic carbocycles. The second-order valence-electron chi connectivity index (χ2n) is 6.27. The highest BCUT2D eigenvalue weighted by Gasteiger charge is 2.22. The van der Waals surface area contributed by atoms with Crippen molar-refractivity contribution < 1.29 is 14.3 Å². The number of hydrogen-bond donors (Lipinski definition) is 0. The van der Waals surface area contributed by atoms with Crippen molar-refractivity contribution in [2.45, 2.75) is 13.1 Å². The van der Waals surface area contributed by atoms with Crippen molar-refractivity contribution >= 4 is 22.6 Å². The highest BCUT2D eigenvalue weighted by Crippen LogP contribution is 2.11. The fourth-order valence-corrected chi connectivity index (χ4v) is 3.06. The summed E-state index contributed by atoms with van der Waals surface area (Å²) < 4.78 is 3.31. The van der Waals surface area contributed by atoms with Gasteiger partial charge >= 0.3 is 0 Å². The number of aromatic nitrogens is 3. The molecule has 0 aliphatic heterocycles. The van der Waals surface area contributed by atoms with E-state index in [1.165, 1.54) is 0 Å². The predicted octanol–water partition coefficient (Wildman–Crippen LogP) is 3.09. The van der Waals surface area contributed by atoms with Gasteiger partial charge in [0.1, 0.15) is 0 Å². The number of Topliss-reactive ketones (excluding diaryl/α,β-unsaturated/α-hetero) is 2. The smallest absolute Gasteiger partial charge is 0.206 e. The van der Waals surface area contributed by atoms with Crippen LogP contribution in [0.5, 0.6) is 0 Å². The zero-order valence-corrected chi connectivity index (χ0v) is 14.7. The van der Waals surface area contributed by atoms with E-state index in [1.807, 2.05) is 60.7 Å². The Balaban J connectivity index is 1.65. The highest BCUT2D eigenvalue weighted by atomic mass is 16.1. The second kappa shape index (κ2) is 7.33. The van der Waals surface area contributed by atoms with Crippen LogP contribution in [0.1, 0.15) is 20.7 Å². The number of hydrogen-bond acceptors (Lipinski definition) is 3. The van der Waals surface area contributed by atoms with E-state index in [2.05, 4.69) is 5.21 Å². The van der Waals surface area contributed by atoms with Crippen molar-refractivity contribution in [3.8, 4) is 0 Å². The molecule has 1 heterocycles. The van der Waals surface area contributed by atoms with Crippen LogP contribution in [-0.2, 0) is 13.1 Å². The summed E-state index contributed by atoms with van der Waals surface area (Å²) in [6.45, 7) is 0.244. The van der Waals surface area contributed by atoms with Crippen molar-refractivity contribution in [3.05, 3.63) is 96.1 Å². The first-order valence-corrected chi connectivity index (χ1v) is 8.74. The van der Waals surface area contributed by atoms with Crippen LogP contribution in [0.3, 0.4) is 0 Å². The first kappa shape index (κ1) is 16.8. The average molecular weight is 356 g/mol. The second-order valence-corrected chi connectivity index (χ2v) is 6.27. The number of nitrogens with zero attached hydrogens (tertiary/aromatic N) is 3. The van der Waals surface area contributed by atoms with Gasteiger partial charge in [-0.25, -0.2) is 0 Å². The van der Waals surface area contributed by atoms with Gasteiger partial charge in [0.05, 0.1) is 5.21 Å². The molecular formula is C22H18N3O2+. The normalized spacial score (nSPS) is 10.8. The Morgan fingerprint density at radius 3 is 1.96 bits per heavy atom. The van der Waals surface area contributed by atoms with Gasteiger partial charge in [-0.3, -0.25) is 9.59 Å². The van der Waals surface area contributed by atoms with Gasteiger partial charge in [0.15, 0.2) is 24.1 Å². The quantitative estimate of drug-likeness (QED) is 0.394. The molecule has 0 radical (unpaired) electrons. The fraction of sp³-hybridized carbons (Fsp3) is 0.0909. The molecule has 1 aromatic heterocycles. The minimum absolute atomic E-state index is 0.0228. The topological polar surface area (TPSA) is 55.8 Å². The van der Waals surface area contributed by atoms with Gasteiger partial charge in [-0.15, -0.1) is 9.36 Å². The zero-order valence-electron chi connectivity index (χ0n) is 14.7. The standard InChI is InChI=1S/C22H18N3O2/c26-21(17-9-3-1-4-10-17)15-24-19-13-7-8-14-20(19)25(23-24)16-22(27)18-11-5-2-6-12-18/h1-14H,15-16H2/q+1. The summed E-state index contributed by atoms with van der Waals surface area (Å²) >= 11 is 0. The molecule has 0 N–H and O–H groups in total. The summed E-state index contributed by atoms with van der Waals surface area (Å²) in [6, 6.07) is 25.9. The van der Waals surface area contributed by atoms with E-state index < -0.39 is 0 Å². The van der Waals surface area contributed by atoms with Gasteiger partial charge in [-0.2, -0.15) is 0 Å². The van der Waals surface area contributed by atoms with Crippen molar-refractivity contribution in [2.75, 3.05) is 0 Å². The molecular weight excluding hydrogens is 338 g/mol. The average Bonchev–Trinajstić information content (AvgIpc) is 3.06. The molecule has 0 amide bonds. The van der Waals surface area contributed by atoms with Crippen LogP contribution in [0.15, 0.2) is 84.9 Å². The Morgan fingerprint density at radius 1 is 0.741 bits per heavy atom. The molecule has 0 bridgehead atoms. The molecule has 5 nitrogen and oxygen atoms in total. The third-order valence-electron chi connectivity index (χ3n) is 4.43. The molecule has 0 spiro atoms. The molecule has 5 heteroatoms. The lowest BCUT2D eigenvalue weighted by Crippen LogP contribution is -2.41. The van der Waals surface area contributed by atoms with Crippen LogP contribution in [0.25, 0.3) is 11.0 Å². The fourth-order valence-electron chi connectivity index (χ4n) is 3.06. The van der Waals surface area contributed by atoms with Gasteiger partial charge in [0, 0.05) is 11.1 Å². The number of rotatable bonds is 6. The lowest BCUT2D eigenvalue weighted by Gasteiger charge is -1.97. The van der Waals surface area contributed by atoms with Gasteiger partial charge in [0.2, 0.25) is 11.6 Å². The van der Waals surface area contributed by atoms with Gasteiger partial charge in [-0.05, 0) is 12.1 Å². The lowest BCUT2D eigenvalue weighted by molar-refractivity contribution is -0.719. The van der Waals surface area contributed by atoms with Crippen LogP contribution in [0, 0.1) is 0 Å². The Morgan fingerprint density at radius 2 is 1.30 bits per heavy atom. The minimum atomic E-state index is -0.0228. The first-order valence-electron chi connectivity index (χ1n) is 8.74. The number of fused-ring (bicyclic) bond motifs is 1. The Bertz CT molecular complexity index is 1010. The zero-order chi connectivity index (χ0) is 18.6. The van der Waals surface area contributed by atoms with Crippen LogP contribution in [0.4, 0.5) is 0 Å². The predicted molar refractivity (Wildman–Crippen MR) is 101 cm³/mol. The summed E-state index contributed by atoms with van der Waals surface area (Å²) in [5, 5.41) is 4.51. The maximum absolute atomic E-state index is 12.6. The number of benzene rings is 3. The third kappa shape index (κ3) is 3.53. The number of para-hydroxylation sites is 2. The molecule has 132 valence electrons. The summed E-state index contributed by atoms with van der Waals surface area (Å²) in [4.78, 5) is 25.1. The molecule has 0 unspecified atom stereocenters. The van der Waals surface area contributed by atoms with Crippen LogP contribution in [0.2, 0.25) is 0 Å². The molecule has 3 aromatic carbocycles. The number of carbonyl (C=O) groups is 2.